The van der Waals surface area contributed by atoms with Gasteiger partial charge in [0.05, 0.1) is 7.11 Å². The summed E-state index contributed by atoms with van der Waals surface area (Å²) in [6.07, 6.45) is 1.55. The molecule has 1 aromatic heterocycles. The quantitative estimate of drug-likeness (QED) is 0.780. The normalized spacial score (nSPS) is 10.6. The van der Waals surface area contributed by atoms with Crippen LogP contribution in [0.4, 0.5) is 0 Å². The van der Waals surface area contributed by atoms with Crippen molar-refractivity contribution in [3.05, 3.63) is 29.7 Å². The number of rotatable bonds is 5. The maximum atomic E-state index is 5.63. The number of benzene rings is 1. The number of methoxy groups -OCH3 is 1. The third-order valence-electron chi connectivity index (χ3n) is 2.65. The average Bonchev–Trinajstić information content (AvgIpc) is 2.85. The predicted molar refractivity (Wildman–Crippen MR) is 70.1 cm³/mol. The average molecular weight is 267 g/mol. The van der Waals surface area contributed by atoms with E-state index in [-0.39, 0.29) is 0 Å². The molecular weight excluding hydrogens is 252 g/mol. The first-order chi connectivity index (χ1) is 8.74. The lowest BCUT2D eigenvalue weighted by atomic mass is 10.1. The summed E-state index contributed by atoms with van der Waals surface area (Å²) in [5.74, 6) is 2.67. The van der Waals surface area contributed by atoms with Gasteiger partial charge in [-0.1, -0.05) is 5.16 Å². The second-order valence-corrected chi connectivity index (χ2v) is 4.37. The Morgan fingerprint density at radius 3 is 2.89 bits per heavy atom. The maximum Gasteiger partial charge on any atom is 0.227 e. The van der Waals surface area contributed by atoms with Crippen LogP contribution in [0.25, 0.3) is 11.4 Å². The first kappa shape index (κ1) is 12.9. The number of nitrogens with zero attached hydrogens (tertiary/aromatic N) is 2. The lowest BCUT2D eigenvalue weighted by Gasteiger charge is -2.04. The highest BCUT2D eigenvalue weighted by Gasteiger charge is 2.09. The van der Waals surface area contributed by atoms with Crippen LogP contribution in [0.3, 0.4) is 0 Å². The molecule has 0 aliphatic rings. The van der Waals surface area contributed by atoms with Crippen LogP contribution in [0.1, 0.15) is 17.9 Å². The molecule has 0 aliphatic heterocycles. The molecule has 0 bridgehead atoms. The third-order valence-corrected chi connectivity index (χ3v) is 2.91. The van der Waals surface area contributed by atoms with E-state index in [4.69, 9.17) is 20.9 Å². The molecule has 2 aromatic rings. The van der Waals surface area contributed by atoms with E-state index < -0.39 is 0 Å². The fourth-order valence-electron chi connectivity index (χ4n) is 1.71. The molecule has 1 aromatic carbocycles. The fraction of sp³-hybridized carbons (Fsp3) is 0.385. The molecule has 0 atom stereocenters. The van der Waals surface area contributed by atoms with Gasteiger partial charge in [-0.15, -0.1) is 11.6 Å². The largest absolute Gasteiger partial charge is 0.496 e. The van der Waals surface area contributed by atoms with E-state index in [9.17, 15) is 0 Å². The van der Waals surface area contributed by atoms with Gasteiger partial charge in [-0.25, -0.2) is 0 Å². The minimum atomic E-state index is 0.597. The monoisotopic (exact) mass is 266 g/mol. The van der Waals surface area contributed by atoms with Crippen molar-refractivity contribution in [3.63, 3.8) is 0 Å². The van der Waals surface area contributed by atoms with Crippen LogP contribution in [-0.2, 0) is 6.42 Å². The first-order valence-electron chi connectivity index (χ1n) is 5.78. The molecule has 0 aliphatic carbocycles. The third kappa shape index (κ3) is 2.82. The van der Waals surface area contributed by atoms with Crippen LogP contribution < -0.4 is 4.74 Å². The molecule has 0 radical (unpaired) electrons. The van der Waals surface area contributed by atoms with Crippen LogP contribution in [0.5, 0.6) is 5.75 Å². The standard InChI is InChI=1S/C13H15ClN2O2/c1-9-8-10(5-6-11(9)17-2)13-15-12(18-16-13)4-3-7-14/h5-6,8H,3-4,7H2,1-2H3. The van der Waals surface area contributed by atoms with Crippen LogP contribution in [0.2, 0.25) is 0 Å². The molecule has 0 spiro atoms. The summed E-state index contributed by atoms with van der Waals surface area (Å²) in [7, 11) is 1.65. The van der Waals surface area contributed by atoms with Gasteiger partial charge in [0.25, 0.3) is 0 Å². The van der Waals surface area contributed by atoms with Crippen LogP contribution in [-0.4, -0.2) is 23.1 Å². The van der Waals surface area contributed by atoms with Crippen molar-refractivity contribution in [1.82, 2.24) is 10.1 Å². The molecule has 96 valence electrons. The molecule has 0 fully saturated rings. The Kier molecular flexibility index (Phi) is 4.20. The summed E-state index contributed by atoms with van der Waals surface area (Å²) >= 11 is 5.63. The van der Waals surface area contributed by atoms with E-state index in [2.05, 4.69) is 10.1 Å². The van der Waals surface area contributed by atoms with Gasteiger partial charge in [-0.3, -0.25) is 0 Å². The Balaban J connectivity index is 2.20. The van der Waals surface area contributed by atoms with E-state index in [1.54, 1.807) is 7.11 Å². The molecule has 0 N–H and O–H groups in total. The Bertz CT molecular complexity index is 525. The van der Waals surface area contributed by atoms with Gasteiger partial charge < -0.3 is 9.26 Å². The zero-order valence-electron chi connectivity index (χ0n) is 10.4. The number of ether oxygens (including phenoxy) is 1. The molecule has 4 nitrogen and oxygen atoms in total. The van der Waals surface area contributed by atoms with E-state index in [1.807, 2.05) is 25.1 Å². The highest BCUT2D eigenvalue weighted by molar-refractivity contribution is 6.17. The van der Waals surface area contributed by atoms with Gasteiger partial charge in [0.1, 0.15) is 5.75 Å². The second-order valence-electron chi connectivity index (χ2n) is 3.99. The highest BCUT2D eigenvalue weighted by atomic mass is 35.5. The summed E-state index contributed by atoms with van der Waals surface area (Å²) in [5, 5.41) is 3.97. The number of halogens is 1. The van der Waals surface area contributed by atoms with Crippen LogP contribution >= 0.6 is 11.6 Å². The smallest absolute Gasteiger partial charge is 0.227 e. The number of alkyl halides is 1. The molecule has 1 heterocycles. The minimum absolute atomic E-state index is 0.597. The first-order valence-corrected chi connectivity index (χ1v) is 6.31. The van der Waals surface area contributed by atoms with Gasteiger partial charge in [0, 0.05) is 17.9 Å². The van der Waals surface area contributed by atoms with Crippen molar-refractivity contribution in [2.45, 2.75) is 19.8 Å². The van der Waals surface area contributed by atoms with E-state index in [0.29, 0.717) is 24.0 Å². The molecule has 0 amide bonds. The van der Waals surface area contributed by atoms with Crippen molar-refractivity contribution in [2.75, 3.05) is 13.0 Å². The molecule has 18 heavy (non-hydrogen) atoms. The zero-order valence-corrected chi connectivity index (χ0v) is 11.2. The highest BCUT2D eigenvalue weighted by Crippen LogP contribution is 2.24. The second kappa shape index (κ2) is 5.87. The molecule has 2 rings (SSSR count). The SMILES string of the molecule is COc1ccc(-c2noc(CCCCl)n2)cc1C. The number of aromatic nitrogens is 2. The van der Waals surface area contributed by atoms with Crippen molar-refractivity contribution >= 4 is 11.6 Å². The Hall–Kier alpha value is -1.55. The van der Waals surface area contributed by atoms with Gasteiger partial charge in [0.2, 0.25) is 11.7 Å². The minimum Gasteiger partial charge on any atom is -0.496 e. The fourth-order valence-corrected chi connectivity index (χ4v) is 1.84. The Labute approximate surface area is 111 Å². The lowest BCUT2D eigenvalue weighted by molar-refractivity contribution is 0.378. The van der Waals surface area contributed by atoms with E-state index >= 15 is 0 Å². The van der Waals surface area contributed by atoms with Crippen molar-refractivity contribution in [1.29, 1.82) is 0 Å². The molecular formula is C13H15ClN2O2. The maximum absolute atomic E-state index is 5.63. The number of aryl methyl sites for hydroxylation is 2. The van der Waals surface area contributed by atoms with Crippen LogP contribution in [0, 0.1) is 6.92 Å². The lowest BCUT2D eigenvalue weighted by Crippen LogP contribution is -1.89. The molecule has 5 heteroatoms. The summed E-state index contributed by atoms with van der Waals surface area (Å²) in [4.78, 5) is 4.34. The van der Waals surface area contributed by atoms with Crippen molar-refractivity contribution in [3.8, 4) is 17.1 Å². The van der Waals surface area contributed by atoms with Gasteiger partial charge in [-0.2, -0.15) is 4.98 Å². The van der Waals surface area contributed by atoms with E-state index in [1.165, 1.54) is 0 Å². The molecule has 0 unspecified atom stereocenters. The van der Waals surface area contributed by atoms with Gasteiger partial charge >= 0.3 is 0 Å². The molecule has 0 saturated carbocycles. The van der Waals surface area contributed by atoms with Crippen molar-refractivity contribution < 1.29 is 9.26 Å². The zero-order chi connectivity index (χ0) is 13.0. The van der Waals surface area contributed by atoms with Crippen molar-refractivity contribution in [2.24, 2.45) is 0 Å². The summed E-state index contributed by atoms with van der Waals surface area (Å²) in [6, 6.07) is 5.80. The topological polar surface area (TPSA) is 48.2 Å². The van der Waals surface area contributed by atoms with Gasteiger partial charge in [-0.05, 0) is 37.1 Å². The molecule has 0 saturated heterocycles. The Morgan fingerprint density at radius 1 is 1.39 bits per heavy atom. The van der Waals surface area contributed by atoms with E-state index in [0.717, 1.165) is 23.3 Å². The summed E-state index contributed by atoms with van der Waals surface area (Å²) in [5.41, 5.74) is 1.97. The Morgan fingerprint density at radius 2 is 2.22 bits per heavy atom. The number of hydrogen-bond donors (Lipinski definition) is 0. The number of hydrogen-bond acceptors (Lipinski definition) is 4. The summed E-state index contributed by atoms with van der Waals surface area (Å²) in [6.45, 7) is 1.98. The predicted octanol–water partition coefficient (Wildman–Crippen LogP) is 3.23. The van der Waals surface area contributed by atoms with Crippen LogP contribution in [0.15, 0.2) is 22.7 Å². The summed E-state index contributed by atoms with van der Waals surface area (Å²) < 4.78 is 10.4. The van der Waals surface area contributed by atoms with Gasteiger partial charge in [0.15, 0.2) is 0 Å².